The van der Waals surface area contributed by atoms with E-state index in [4.69, 9.17) is 9.47 Å². The van der Waals surface area contributed by atoms with Crippen LogP contribution < -0.4 is 19.5 Å². The van der Waals surface area contributed by atoms with Gasteiger partial charge in [0, 0.05) is 5.56 Å². The lowest BCUT2D eigenvalue weighted by Gasteiger charge is -2.19. The Bertz CT molecular complexity index is 1230. The molecule has 0 aromatic heterocycles. The molecular weight excluding hydrogens is 408 g/mol. The summed E-state index contributed by atoms with van der Waals surface area (Å²) in [6.45, 7) is 0. The second kappa shape index (κ2) is 8.77. The highest BCUT2D eigenvalue weighted by atomic mass is 16.5. The summed E-state index contributed by atoms with van der Waals surface area (Å²) in [6.07, 6.45) is 1.67. The summed E-state index contributed by atoms with van der Waals surface area (Å²) in [7, 11) is 3.09. The lowest BCUT2D eigenvalue weighted by molar-refractivity contribution is -0.255. The van der Waals surface area contributed by atoms with E-state index in [1.165, 1.54) is 17.0 Å². The molecule has 1 aliphatic rings. The third kappa shape index (κ3) is 3.96. The fourth-order valence-corrected chi connectivity index (χ4v) is 3.38. The molecule has 1 heterocycles. The summed E-state index contributed by atoms with van der Waals surface area (Å²) in [6, 6.07) is 20.5. The van der Waals surface area contributed by atoms with Crippen molar-refractivity contribution in [2.45, 2.75) is 0 Å². The van der Waals surface area contributed by atoms with E-state index < -0.39 is 5.97 Å². The summed E-state index contributed by atoms with van der Waals surface area (Å²) >= 11 is 0. The number of benzene rings is 3. The number of carboxylic acid groups (broad SMARTS) is 1. The number of hydrogen-bond acceptors (Lipinski definition) is 6. The second-order valence-corrected chi connectivity index (χ2v) is 6.92. The average Bonchev–Trinajstić information content (AvgIpc) is 3.15. The van der Waals surface area contributed by atoms with Crippen LogP contribution in [-0.4, -0.2) is 31.9 Å². The van der Waals surface area contributed by atoms with Crippen molar-refractivity contribution >= 4 is 29.5 Å². The zero-order valence-corrected chi connectivity index (χ0v) is 17.4. The maximum Gasteiger partial charge on any atom is 0.282 e. The van der Waals surface area contributed by atoms with Crippen LogP contribution in [0.3, 0.4) is 0 Å². The van der Waals surface area contributed by atoms with Crippen LogP contribution in [-0.2, 0) is 4.79 Å². The van der Waals surface area contributed by atoms with Gasteiger partial charge in [-0.05, 0) is 41.5 Å². The number of amidine groups is 1. The molecule has 0 radical (unpaired) electrons. The Morgan fingerprint density at radius 2 is 1.62 bits per heavy atom. The second-order valence-electron chi connectivity index (χ2n) is 6.92. The van der Waals surface area contributed by atoms with Crippen LogP contribution in [0.15, 0.2) is 83.5 Å². The molecule has 0 aliphatic carbocycles. The molecule has 1 amide bonds. The quantitative estimate of drug-likeness (QED) is 0.564. The Labute approximate surface area is 184 Å². The molecule has 4 rings (SSSR count). The van der Waals surface area contributed by atoms with Gasteiger partial charge in [-0.1, -0.05) is 48.5 Å². The largest absolute Gasteiger partial charge is 0.545 e. The van der Waals surface area contributed by atoms with Crippen molar-refractivity contribution in [1.29, 1.82) is 0 Å². The first-order valence-corrected chi connectivity index (χ1v) is 9.75. The van der Waals surface area contributed by atoms with Crippen LogP contribution in [0.1, 0.15) is 21.5 Å². The molecule has 0 spiro atoms. The van der Waals surface area contributed by atoms with Crippen molar-refractivity contribution in [2.24, 2.45) is 4.99 Å². The number of carboxylic acids is 1. The summed E-state index contributed by atoms with van der Waals surface area (Å²) in [5, 5.41) is 11.1. The topological polar surface area (TPSA) is 91.3 Å². The van der Waals surface area contributed by atoms with Gasteiger partial charge in [-0.3, -0.25) is 9.69 Å². The minimum atomic E-state index is -1.28. The summed E-state index contributed by atoms with van der Waals surface area (Å²) < 4.78 is 10.6. The van der Waals surface area contributed by atoms with Gasteiger partial charge in [0.1, 0.15) is 11.5 Å². The molecule has 1 aliphatic heterocycles. The van der Waals surface area contributed by atoms with Crippen LogP contribution in [0.25, 0.3) is 6.08 Å². The Morgan fingerprint density at radius 1 is 0.938 bits per heavy atom. The molecule has 0 saturated heterocycles. The van der Waals surface area contributed by atoms with Gasteiger partial charge in [0.25, 0.3) is 5.91 Å². The van der Waals surface area contributed by atoms with Gasteiger partial charge in [0.2, 0.25) is 0 Å². The number of amides is 1. The van der Waals surface area contributed by atoms with Gasteiger partial charge >= 0.3 is 0 Å². The number of rotatable bonds is 6. The van der Waals surface area contributed by atoms with E-state index in [0.717, 1.165) is 11.1 Å². The maximum absolute atomic E-state index is 13.3. The number of nitrogens with zero attached hydrogens (tertiary/aromatic N) is 2. The third-order valence-electron chi connectivity index (χ3n) is 4.96. The first-order chi connectivity index (χ1) is 15.5. The highest BCUT2D eigenvalue weighted by molar-refractivity contribution is 6.33. The van der Waals surface area contributed by atoms with Crippen LogP contribution in [0.2, 0.25) is 0 Å². The molecule has 7 heteroatoms. The normalized spacial score (nSPS) is 14.4. The molecular formula is C25H19N2O5-. The number of ether oxygens (including phenoxy) is 2. The minimum Gasteiger partial charge on any atom is -0.545 e. The molecule has 0 fully saturated rings. The van der Waals surface area contributed by atoms with Gasteiger partial charge < -0.3 is 19.4 Å². The summed E-state index contributed by atoms with van der Waals surface area (Å²) in [5.74, 6) is -0.0524. The molecule has 3 aromatic carbocycles. The van der Waals surface area contributed by atoms with Crippen molar-refractivity contribution in [2.75, 3.05) is 19.1 Å². The van der Waals surface area contributed by atoms with E-state index in [-0.39, 0.29) is 17.2 Å². The van der Waals surface area contributed by atoms with E-state index in [2.05, 4.69) is 4.99 Å². The smallest absolute Gasteiger partial charge is 0.282 e. The fraction of sp³-hybridized carbons (Fsp3) is 0.0800. The van der Waals surface area contributed by atoms with Crippen molar-refractivity contribution < 1.29 is 24.2 Å². The highest BCUT2D eigenvalue weighted by Crippen LogP contribution is 2.31. The molecule has 32 heavy (non-hydrogen) atoms. The predicted octanol–water partition coefficient (Wildman–Crippen LogP) is 2.90. The maximum atomic E-state index is 13.3. The standard InChI is InChI=1S/C25H20N2O5/c1-31-21-13-8-16(15-22(21)32-2)14-20-24(28)27(19-11-9-18(10-12-19)25(29)30)23(26-20)17-6-4-3-5-7-17/h3-15H,1-2H3,(H,29,30)/p-1/b20-14-. The zero-order valence-electron chi connectivity index (χ0n) is 17.4. The number of anilines is 1. The molecule has 0 saturated carbocycles. The zero-order chi connectivity index (χ0) is 22.7. The summed E-state index contributed by atoms with van der Waals surface area (Å²) in [4.78, 5) is 30.5. The van der Waals surface area contributed by atoms with Crippen LogP contribution in [0, 0.1) is 0 Å². The molecule has 0 atom stereocenters. The molecule has 3 aromatic rings. The van der Waals surface area contributed by atoms with Crippen LogP contribution in [0.5, 0.6) is 11.5 Å². The number of methoxy groups -OCH3 is 2. The molecule has 0 bridgehead atoms. The molecule has 7 nitrogen and oxygen atoms in total. The SMILES string of the molecule is COc1ccc(/C=C2\N=C(c3ccccc3)N(c3ccc(C(=O)[O-])cc3)C2=O)cc1OC. The molecule has 160 valence electrons. The minimum absolute atomic E-state index is 0.0275. The van der Waals surface area contributed by atoms with E-state index in [1.807, 2.05) is 30.3 Å². The predicted molar refractivity (Wildman–Crippen MR) is 119 cm³/mol. The number of aliphatic imine (C=N–C) groups is 1. The Hall–Kier alpha value is -4.39. The lowest BCUT2D eigenvalue weighted by Crippen LogP contribution is -2.32. The number of carbonyl (C=O) groups excluding carboxylic acids is 2. The van der Waals surface area contributed by atoms with Gasteiger partial charge in [0.05, 0.1) is 25.9 Å². The van der Waals surface area contributed by atoms with E-state index in [1.54, 1.807) is 50.6 Å². The Kier molecular flexibility index (Phi) is 5.72. The third-order valence-corrected chi connectivity index (χ3v) is 4.96. The lowest BCUT2D eigenvalue weighted by atomic mass is 10.1. The Morgan fingerprint density at radius 3 is 2.25 bits per heavy atom. The van der Waals surface area contributed by atoms with Crippen molar-refractivity contribution in [3.05, 3.63) is 95.2 Å². The fourth-order valence-electron chi connectivity index (χ4n) is 3.38. The summed E-state index contributed by atoms with van der Waals surface area (Å²) in [5.41, 5.74) is 2.23. The van der Waals surface area contributed by atoms with Crippen molar-refractivity contribution in [1.82, 2.24) is 0 Å². The van der Waals surface area contributed by atoms with E-state index in [0.29, 0.717) is 23.0 Å². The number of hydrogen-bond donors (Lipinski definition) is 0. The van der Waals surface area contributed by atoms with Crippen molar-refractivity contribution in [3.8, 4) is 11.5 Å². The van der Waals surface area contributed by atoms with E-state index in [9.17, 15) is 14.7 Å². The first kappa shape index (κ1) is 20.9. The monoisotopic (exact) mass is 427 g/mol. The Balaban J connectivity index is 1.78. The van der Waals surface area contributed by atoms with Gasteiger partial charge in [0.15, 0.2) is 11.5 Å². The van der Waals surface area contributed by atoms with Crippen LogP contribution >= 0.6 is 0 Å². The van der Waals surface area contributed by atoms with Gasteiger partial charge in [-0.2, -0.15) is 0 Å². The molecule has 0 N–H and O–H groups in total. The number of aromatic carboxylic acids is 1. The highest BCUT2D eigenvalue weighted by Gasteiger charge is 2.32. The molecule has 0 unspecified atom stereocenters. The average molecular weight is 427 g/mol. The van der Waals surface area contributed by atoms with Gasteiger partial charge in [-0.15, -0.1) is 0 Å². The van der Waals surface area contributed by atoms with Crippen molar-refractivity contribution in [3.63, 3.8) is 0 Å². The van der Waals surface area contributed by atoms with Gasteiger partial charge in [-0.25, -0.2) is 4.99 Å². The number of carbonyl (C=O) groups is 2. The first-order valence-electron chi connectivity index (χ1n) is 9.75. The van der Waals surface area contributed by atoms with Crippen LogP contribution in [0.4, 0.5) is 5.69 Å². The van der Waals surface area contributed by atoms with E-state index >= 15 is 0 Å².